The van der Waals surface area contributed by atoms with Crippen molar-refractivity contribution in [3.8, 4) is 0 Å². The van der Waals surface area contributed by atoms with Crippen molar-refractivity contribution in [2.75, 3.05) is 11.9 Å². The van der Waals surface area contributed by atoms with E-state index in [1.807, 2.05) is 6.92 Å². The van der Waals surface area contributed by atoms with Crippen molar-refractivity contribution >= 4 is 35.1 Å². The number of aromatic amines is 1. The minimum absolute atomic E-state index is 0.0293. The van der Waals surface area contributed by atoms with Gasteiger partial charge in [0.05, 0.1) is 30.8 Å². The summed E-state index contributed by atoms with van der Waals surface area (Å²) in [6.45, 7) is 0.929. The molecule has 1 aliphatic heterocycles. The zero-order valence-corrected chi connectivity index (χ0v) is 19.4. The van der Waals surface area contributed by atoms with Gasteiger partial charge in [0.15, 0.2) is 23.7 Å². The third kappa shape index (κ3) is 5.32. The number of H-pyrrole nitrogens is 1. The number of carbonyl (C=O) groups is 1. The lowest BCUT2D eigenvalue weighted by Crippen LogP contribution is -2.39. The normalized spacial score (nSPS) is 23.1. The quantitative estimate of drug-likeness (QED) is 0.390. The van der Waals surface area contributed by atoms with E-state index in [1.54, 1.807) is 0 Å². The summed E-state index contributed by atoms with van der Waals surface area (Å²) in [5.41, 5.74) is 0.0971. The summed E-state index contributed by atoms with van der Waals surface area (Å²) in [7, 11) is 0. The molecule has 5 rings (SSSR count). The van der Waals surface area contributed by atoms with Gasteiger partial charge >= 0.3 is 12.5 Å². The number of halogens is 5. The summed E-state index contributed by atoms with van der Waals surface area (Å²) in [4.78, 5) is 20.2. The monoisotopic (exact) mass is 533 g/mol. The van der Waals surface area contributed by atoms with E-state index in [4.69, 9.17) is 21.1 Å². The molecule has 0 bridgehead atoms. The van der Waals surface area contributed by atoms with Crippen molar-refractivity contribution in [3.63, 3.8) is 0 Å². The van der Waals surface area contributed by atoms with Gasteiger partial charge in [0.1, 0.15) is 11.1 Å². The molecule has 1 aliphatic carbocycles. The highest BCUT2D eigenvalue weighted by molar-refractivity contribution is 6.33. The Hall–Kier alpha value is -3.17. The van der Waals surface area contributed by atoms with Crippen LogP contribution in [0.15, 0.2) is 18.5 Å². The maximum Gasteiger partial charge on any atom is 0.522 e. The van der Waals surface area contributed by atoms with Gasteiger partial charge in [0, 0.05) is 17.8 Å². The second-order valence-electron chi connectivity index (χ2n) is 8.75. The number of anilines is 2. The SMILES string of the molecule is CC1(NC(=O)O[C@@H]2CO[C@H](c3cc(Nc4ncc(Cl)c5nc(COC(F)(F)F)cn45)n[nH]3)[C@H]2F)CC1. The number of carbonyl (C=O) groups excluding carboxylic acids is 1. The molecule has 3 aromatic rings. The zero-order chi connectivity index (χ0) is 25.7. The molecule has 11 nitrogen and oxygen atoms in total. The molecule has 3 N–H and O–H groups in total. The summed E-state index contributed by atoms with van der Waals surface area (Å²) in [5, 5.41) is 12.4. The van der Waals surface area contributed by atoms with Gasteiger partial charge in [0.25, 0.3) is 0 Å². The van der Waals surface area contributed by atoms with Crippen LogP contribution in [0.4, 0.5) is 34.1 Å². The van der Waals surface area contributed by atoms with Crippen LogP contribution in [-0.2, 0) is 20.8 Å². The third-order valence-corrected chi connectivity index (χ3v) is 6.04. The van der Waals surface area contributed by atoms with E-state index in [0.717, 1.165) is 12.8 Å². The predicted octanol–water partition coefficient (Wildman–Crippen LogP) is 3.94. The minimum Gasteiger partial charge on any atom is -0.441 e. The molecule has 2 fully saturated rings. The van der Waals surface area contributed by atoms with E-state index < -0.39 is 37.4 Å². The Morgan fingerprint density at radius 3 is 2.92 bits per heavy atom. The second-order valence-corrected chi connectivity index (χ2v) is 9.16. The standard InChI is InChI=1S/C20H20ClF4N7O4/c1-19(2-3-19)29-18(33)36-12-8-34-15(14(12)22)11-4-13(31-30-11)28-17-26-5-10(21)16-27-9(6-32(16)17)7-35-20(23,24)25/h4-6,12,14-15H,2-3,7-8H2,1H3,(H,29,33)(H2,26,28,30,31)/t12-,14+,15-/m1/s1. The Balaban J connectivity index is 1.26. The molecular weight excluding hydrogens is 514 g/mol. The molecule has 0 aromatic carbocycles. The first-order valence-electron chi connectivity index (χ1n) is 10.8. The van der Waals surface area contributed by atoms with Gasteiger partial charge in [-0.3, -0.25) is 14.2 Å². The summed E-state index contributed by atoms with van der Waals surface area (Å²) >= 11 is 6.07. The average molecular weight is 534 g/mol. The highest BCUT2D eigenvalue weighted by Gasteiger charge is 2.44. The molecule has 0 unspecified atom stereocenters. The largest absolute Gasteiger partial charge is 0.522 e. The van der Waals surface area contributed by atoms with Gasteiger partial charge in [-0.2, -0.15) is 5.10 Å². The van der Waals surface area contributed by atoms with Crippen LogP contribution in [0, 0.1) is 0 Å². The van der Waals surface area contributed by atoms with Crippen molar-refractivity contribution in [1.29, 1.82) is 0 Å². The minimum atomic E-state index is -4.82. The van der Waals surface area contributed by atoms with Crippen LogP contribution in [0.1, 0.15) is 37.3 Å². The highest BCUT2D eigenvalue weighted by Crippen LogP contribution is 2.36. The molecule has 194 valence electrons. The van der Waals surface area contributed by atoms with Crippen LogP contribution in [0.25, 0.3) is 5.65 Å². The van der Waals surface area contributed by atoms with Crippen molar-refractivity contribution in [2.45, 2.75) is 56.7 Å². The molecule has 0 radical (unpaired) electrons. The molecule has 3 atom stereocenters. The van der Waals surface area contributed by atoms with Gasteiger partial charge < -0.3 is 20.1 Å². The third-order valence-electron chi connectivity index (χ3n) is 5.77. The lowest BCUT2D eigenvalue weighted by atomic mass is 10.1. The molecule has 36 heavy (non-hydrogen) atoms. The van der Waals surface area contributed by atoms with Crippen molar-refractivity contribution in [2.24, 2.45) is 0 Å². The zero-order valence-electron chi connectivity index (χ0n) is 18.6. The van der Waals surface area contributed by atoms with E-state index >= 15 is 0 Å². The first kappa shape index (κ1) is 24.5. The number of fused-ring (bicyclic) bond motifs is 1. The van der Waals surface area contributed by atoms with Crippen molar-refractivity contribution < 1.29 is 36.6 Å². The number of hydrogen-bond donors (Lipinski definition) is 3. The second kappa shape index (κ2) is 9.05. The maximum atomic E-state index is 15.0. The van der Waals surface area contributed by atoms with Crippen LogP contribution < -0.4 is 10.6 Å². The Bertz CT molecular complexity index is 1280. The Labute approximate surface area is 205 Å². The van der Waals surface area contributed by atoms with E-state index in [-0.39, 0.29) is 46.0 Å². The van der Waals surface area contributed by atoms with Crippen LogP contribution in [0.3, 0.4) is 0 Å². The maximum absolute atomic E-state index is 15.0. The molecule has 3 aromatic heterocycles. The number of nitrogens with one attached hydrogen (secondary N) is 3. The molecular formula is C20H20ClF4N7O4. The van der Waals surface area contributed by atoms with E-state index in [0.29, 0.717) is 0 Å². The number of aromatic nitrogens is 5. The number of alkyl carbamates (subject to hydrolysis) is 1. The Morgan fingerprint density at radius 2 is 2.19 bits per heavy atom. The number of amides is 1. The topological polar surface area (TPSA) is 128 Å². The number of hydrogen-bond acceptors (Lipinski definition) is 8. The first-order chi connectivity index (χ1) is 17.0. The van der Waals surface area contributed by atoms with E-state index in [2.05, 4.69) is 35.5 Å². The van der Waals surface area contributed by atoms with Gasteiger partial charge in [-0.1, -0.05) is 11.6 Å². The fourth-order valence-corrected chi connectivity index (χ4v) is 3.82. The molecule has 1 saturated heterocycles. The number of rotatable bonds is 7. The van der Waals surface area contributed by atoms with Crippen LogP contribution >= 0.6 is 11.6 Å². The number of alkyl halides is 4. The summed E-state index contributed by atoms with van der Waals surface area (Å²) < 4.78 is 67.9. The average Bonchev–Trinajstić information content (AvgIpc) is 3.16. The molecule has 2 aliphatic rings. The smallest absolute Gasteiger partial charge is 0.441 e. The molecule has 16 heteroatoms. The number of ether oxygens (including phenoxy) is 3. The predicted molar refractivity (Wildman–Crippen MR) is 115 cm³/mol. The summed E-state index contributed by atoms with van der Waals surface area (Å²) in [5.74, 6) is 0.344. The fourth-order valence-electron chi connectivity index (χ4n) is 3.64. The van der Waals surface area contributed by atoms with Gasteiger partial charge in [-0.05, 0) is 19.8 Å². The van der Waals surface area contributed by atoms with Gasteiger partial charge in [-0.25, -0.2) is 19.2 Å². The van der Waals surface area contributed by atoms with E-state index in [9.17, 15) is 22.4 Å². The van der Waals surface area contributed by atoms with Crippen LogP contribution in [0.2, 0.25) is 5.02 Å². The fraction of sp³-hybridized carbons (Fsp3) is 0.500. The highest BCUT2D eigenvalue weighted by atomic mass is 35.5. The van der Waals surface area contributed by atoms with Gasteiger partial charge in [-0.15, -0.1) is 13.2 Å². The Kier molecular flexibility index (Phi) is 6.16. The summed E-state index contributed by atoms with van der Waals surface area (Å²) in [6.07, 6.45) is -5.07. The Morgan fingerprint density at radius 1 is 1.42 bits per heavy atom. The lowest BCUT2D eigenvalue weighted by molar-refractivity contribution is -0.330. The molecule has 4 heterocycles. The summed E-state index contributed by atoms with van der Waals surface area (Å²) in [6, 6.07) is 1.47. The van der Waals surface area contributed by atoms with Crippen LogP contribution in [0.5, 0.6) is 0 Å². The first-order valence-corrected chi connectivity index (χ1v) is 11.2. The lowest BCUT2D eigenvalue weighted by Gasteiger charge is -2.17. The number of nitrogens with zero attached hydrogens (tertiary/aromatic N) is 4. The molecule has 1 amide bonds. The van der Waals surface area contributed by atoms with Gasteiger partial charge in [0.2, 0.25) is 5.95 Å². The van der Waals surface area contributed by atoms with Crippen LogP contribution in [-0.4, -0.2) is 61.4 Å². The molecule has 1 saturated carbocycles. The van der Waals surface area contributed by atoms with Crippen molar-refractivity contribution in [1.82, 2.24) is 29.9 Å². The molecule has 0 spiro atoms. The number of imidazole rings is 1. The van der Waals surface area contributed by atoms with E-state index in [1.165, 1.54) is 22.9 Å². The van der Waals surface area contributed by atoms with Crippen molar-refractivity contribution in [3.05, 3.63) is 34.9 Å².